The van der Waals surface area contributed by atoms with Gasteiger partial charge in [-0.05, 0) is 11.6 Å². The van der Waals surface area contributed by atoms with Gasteiger partial charge in [-0.25, -0.2) is 4.98 Å². The number of halogens is 3. The summed E-state index contributed by atoms with van der Waals surface area (Å²) in [4.78, 5) is 15.4. The number of benzene rings is 1. The van der Waals surface area contributed by atoms with E-state index < -0.39 is 11.7 Å². The summed E-state index contributed by atoms with van der Waals surface area (Å²) in [6, 6.07) is 5.36. The van der Waals surface area contributed by atoms with Gasteiger partial charge >= 0.3 is 6.18 Å². The molecule has 0 aliphatic heterocycles. The maximum atomic E-state index is 13.0. The zero-order chi connectivity index (χ0) is 15.5. The molecule has 1 amide bonds. The number of nitrogens with zero attached hydrogens (tertiary/aromatic N) is 2. The van der Waals surface area contributed by atoms with Crippen LogP contribution in [-0.4, -0.2) is 22.5 Å². The zero-order valence-corrected chi connectivity index (χ0v) is 11.3. The summed E-state index contributed by atoms with van der Waals surface area (Å²) in [7, 11) is 1.50. The molecule has 1 N–H and O–H groups in total. The molecule has 112 valence electrons. The van der Waals surface area contributed by atoms with Crippen LogP contribution in [-0.2, 0) is 23.9 Å². The molecular weight excluding hydrogens is 283 g/mol. The number of imidazole rings is 1. The van der Waals surface area contributed by atoms with Gasteiger partial charge in [-0.15, -0.1) is 0 Å². The van der Waals surface area contributed by atoms with Crippen molar-refractivity contribution in [2.45, 2.75) is 19.1 Å². The van der Waals surface area contributed by atoms with E-state index in [0.717, 1.165) is 6.07 Å². The highest BCUT2D eigenvalue weighted by Gasteiger charge is 2.33. The monoisotopic (exact) mass is 297 g/mol. The van der Waals surface area contributed by atoms with Crippen LogP contribution in [0.2, 0.25) is 0 Å². The maximum absolute atomic E-state index is 13.0. The number of likely N-dealkylation sites (N-methyl/N-ethyl adjacent to an activating group) is 1. The van der Waals surface area contributed by atoms with Crippen LogP contribution in [0, 0.1) is 0 Å². The lowest BCUT2D eigenvalue weighted by molar-refractivity contribution is -0.138. The first-order valence-corrected chi connectivity index (χ1v) is 6.27. The smallest absolute Gasteiger partial charge is 0.358 e. The Labute approximate surface area is 119 Å². The molecule has 7 heteroatoms. The van der Waals surface area contributed by atoms with Gasteiger partial charge in [0.25, 0.3) is 0 Å². The Morgan fingerprint density at radius 2 is 2.05 bits per heavy atom. The van der Waals surface area contributed by atoms with Crippen molar-refractivity contribution in [1.29, 1.82) is 0 Å². The zero-order valence-electron chi connectivity index (χ0n) is 11.3. The summed E-state index contributed by atoms with van der Waals surface area (Å²) < 4.78 is 40.4. The molecule has 0 spiro atoms. The molecular formula is C14H14F3N3O. The topological polar surface area (TPSA) is 46.9 Å². The van der Waals surface area contributed by atoms with Gasteiger partial charge in [0.2, 0.25) is 5.91 Å². The lowest BCUT2D eigenvalue weighted by atomic mass is 10.0. The highest BCUT2D eigenvalue weighted by atomic mass is 19.4. The maximum Gasteiger partial charge on any atom is 0.416 e. The number of hydrogen-bond acceptors (Lipinski definition) is 2. The van der Waals surface area contributed by atoms with Crippen LogP contribution in [0.25, 0.3) is 0 Å². The molecule has 0 aliphatic carbocycles. The Morgan fingerprint density at radius 1 is 1.33 bits per heavy atom. The molecule has 1 aromatic heterocycles. The van der Waals surface area contributed by atoms with E-state index in [9.17, 15) is 18.0 Å². The van der Waals surface area contributed by atoms with E-state index in [2.05, 4.69) is 10.3 Å². The standard InChI is InChI=1S/C14H14F3N3O/c1-18-13(21)9-20-7-6-19-12(20)8-10-4-2-3-5-11(10)14(15,16)17/h2-7H,8-9H2,1H3,(H,18,21). The quantitative estimate of drug-likeness (QED) is 0.941. The lowest BCUT2D eigenvalue weighted by Gasteiger charge is -2.13. The number of rotatable bonds is 4. The lowest BCUT2D eigenvalue weighted by Crippen LogP contribution is -2.24. The number of amides is 1. The molecule has 0 bridgehead atoms. The van der Waals surface area contributed by atoms with Crippen molar-refractivity contribution in [2.75, 3.05) is 7.05 Å². The number of alkyl halides is 3. The number of carbonyl (C=O) groups excluding carboxylic acids is 1. The van der Waals surface area contributed by atoms with Crippen LogP contribution in [0.4, 0.5) is 13.2 Å². The van der Waals surface area contributed by atoms with Gasteiger partial charge in [0.15, 0.2) is 0 Å². The van der Waals surface area contributed by atoms with Crippen LogP contribution < -0.4 is 5.32 Å². The first-order valence-electron chi connectivity index (χ1n) is 6.27. The van der Waals surface area contributed by atoms with E-state index in [0.29, 0.717) is 5.82 Å². The molecule has 4 nitrogen and oxygen atoms in total. The van der Waals surface area contributed by atoms with Gasteiger partial charge in [-0.1, -0.05) is 18.2 Å². The van der Waals surface area contributed by atoms with E-state index >= 15 is 0 Å². The van der Waals surface area contributed by atoms with E-state index in [1.165, 1.54) is 29.9 Å². The van der Waals surface area contributed by atoms with Gasteiger partial charge in [0, 0.05) is 25.9 Å². The summed E-state index contributed by atoms with van der Waals surface area (Å²) in [5.74, 6) is 0.175. The summed E-state index contributed by atoms with van der Waals surface area (Å²) in [5, 5.41) is 2.46. The van der Waals surface area contributed by atoms with E-state index in [1.54, 1.807) is 12.3 Å². The third-order valence-electron chi connectivity index (χ3n) is 3.07. The van der Waals surface area contributed by atoms with Crippen molar-refractivity contribution in [2.24, 2.45) is 0 Å². The average Bonchev–Trinajstić information content (AvgIpc) is 2.85. The van der Waals surface area contributed by atoms with Crippen molar-refractivity contribution < 1.29 is 18.0 Å². The molecule has 1 aromatic carbocycles. The number of nitrogens with one attached hydrogen (secondary N) is 1. The second kappa shape index (κ2) is 5.99. The molecule has 0 fully saturated rings. The Hall–Kier alpha value is -2.31. The van der Waals surface area contributed by atoms with Crippen molar-refractivity contribution >= 4 is 5.91 Å². The van der Waals surface area contributed by atoms with Gasteiger partial charge in [0.1, 0.15) is 12.4 Å². The summed E-state index contributed by atoms with van der Waals surface area (Å²) in [6.07, 6.45) is -1.36. The predicted molar refractivity (Wildman–Crippen MR) is 70.5 cm³/mol. The second-order valence-electron chi connectivity index (χ2n) is 4.48. The van der Waals surface area contributed by atoms with Gasteiger partial charge in [-0.3, -0.25) is 4.79 Å². The minimum Gasteiger partial charge on any atom is -0.358 e. The van der Waals surface area contributed by atoms with Crippen LogP contribution in [0.1, 0.15) is 17.0 Å². The third-order valence-corrected chi connectivity index (χ3v) is 3.07. The fourth-order valence-electron chi connectivity index (χ4n) is 2.01. The van der Waals surface area contributed by atoms with Crippen LogP contribution in [0.3, 0.4) is 0 Å². The molecule has 0 aliphatic rings. The number of aromatic nitrogens is 2. The van der Waals surface area contributed by atoms with Gasteiger partial charge < -0.3 is 9.88 Å². The highest BCUT2D eigenvalue weighted by Crippen LogP contribution is 2.32. The van der Waals surface area contributed by atoms with E-state index in [-0.39, 0.29) is 24.4 Å². The number of carbonyl (C=O) groups is 1. The fourth-order valence-corrected chi connectivity index (χ4v) is 2.01. The molecule has 2 rings (SSSR count). The van der Waals surface area contributed by atoms with Crippen molar-refractivity contribution in [3.63, 3.8) is 0 Å². The van der Waals surface area contributed by atoms with Crippen LogP contribution >= 0.6 is 0 Å². The molecule has 0 saturated heterocycles. The Morgan fingerprint density at radius 3 is 2.71 bits per heavy atom. The second-order valence-corrected chi connectivity index (χ2v) is 4.48. The first-order chi connectivity index (χ1) is 9.91. The third kappa shape index (κ3) is 3.62. The number of hydrogen-bond donors (Lipinski definition) is 1. The normalized spacial score (nSPS) is 11.4. The Balaban J connectivity index is 2.28. The molecule has 1 heterocycles. The van der Waals surface area contributed by atoms with E-state index in [4.69, 9.17) is 0 Å². The molecule has 0 atom stereocenters. The predicted octanol–water partition coefficient (Wildman–Crippen LogP) is 2.24. The summed E-state index contributed by atoms with van der Waals surface area (Å²) in [5.41, 5.74) is -0.547. The van der Waals surface area contributed by atoms with E-state index in [1.807, 2.05) is 0 Å². The molecule has 0 unspecified atom stereocenters. The highest BCUT2D eigenvalue weighted by molar-refractivity contribution is 5.75. The molecule has 0 radical (unpaired) electrons. The van der Waals surface area contributed by atoms with Crippen molar-refractivity contribution in [1.82, 2.24) is 14.9 Å². The largest absolute Gasteiger partial charge is 0.416 e. The van der Waals surface area contributed by atoms with Crippen molar-refractivity contribution in [3.05, 3.63) is 53.6 Å². The molecule has 0 saturated carbocycles. The first kappa shape index (κ1) is 15.1. The SMILES string of the molecule is CNC(=O)Cn1ccnc1Cc1ccccc1C(F)(F)F. The Kier molecular flexibility index (Phi) is 4.30. The Bertz CT molecular complexity index is 634. The van der Waals surface area contributed by atoms with Gasteiger partial charge in [-0.2, -0.15) is 13.2 Å². The molecule has 2 aromatic rings. The van der Waals surface area contributed by atoms with Crippen LogP contribution in [0.15, 0.2) is 36.7 Å². The van der Waals surface area contributed by atoms with Crippen molar-refractivity contribution in [3.8, 4) is 0 Å². The minimum absolute atomic E-state index is 0.0136. The fraction of sp³-hybridized carbons (Fsp3) is 0.286. The molecule has 21 heavy (non-hydrogen) atoms. The summed E-state index contributed by atoms with van der Waals surface area (Å²) >= 11 is 0. The minimum atomic E-state index is -4.41. The summed E-state index contributed by atoms with van der Waals surface area (Å²) in [6.45, 7) is 0.0278. The van der Waals surface area contributed by atoms with Crippen LogP contribution in [0.5, 0.6) is 0 Å². The van der Waals surface area contributed by atoms with Gasteiger partial charge in [0.05, 0.1) is 5.56 Å². The average molecular weight is 297 g/mol.